The van der Waals surface area contributed by atoms with Gasteiger partial charge in [-0.25, -0.2) is 4.79 Å². The van der Waals surface area contributed by atoms with E-state index in [2.05, 4.69) is 0 Å². The molecule has 0 aliphatic heterocycles. The molecule has 0 fully saturated rings. The normalized spacial score (nSPS) is 12.4. The number of methoxy groups -OCH3 is 1. The molecule has 0 aliphatic carbocycles. The summed E-state index contributed by atoms with van der Waals surface area (Å²) in [5, 5.41) is 9.96. The highest BCUT2D eigenvalue weighted by atomic mass is 16.5. The minimum Gasteiger partial charge on any atom is -0.495 e. The molecule has 2 rings (SSSR count). The number of nitrogens with zero attached hydrogens (tertiary/aromatic N) is 1. The molecule has 1 aromatic carbocycles. The van der Waals surface area contributed by atoms with Gasteiger partial charge in [0.05, 0.1) is 12.6 Å². The van der Waals surface area contributed by atoms with Gasteiger partial charge in [-0.15, -0.1) is 0 Å². The number of pyridine rings is 1. The molecule has 1 N–H and O–H groups in total. The zero-order valence-electron chi connectivity index (χ0n) is 11.0. The molecule has 1 aromatic heterocycles. The maximum absolute atomic E-state index is 12.1. The number of hydrogen-bond donors (Lipinski definition) is 1. The maximum Gasteiger partial charge on any atom is 0.326 e. The van der Waals surface area contributed by atoms with Crippen LogP contribution in [-0.2, 0) is 4.79 Å². The van der Waals surface area contributed by atoms with Crippen LogP contribution in [0.5, 0.6) is 5.75 Å². The third-order valence-corrected chi connectivity index (χ3v) is 3.21. The van der Waals surface area contributed by atoms with Crippen LogP contribution in [0, 0.1) is 6.92 Å². The molecular weight excluding hydrogens is 246 g/mol. The van der Waals surface area contributed by atoms with Crippen molar-refractivity contribution >= 4 is 16.9 Å². The smallest absolute Gasteiger partial charge is 0.326 e. The molecule has 1 unspecified atom stereocenters. The van der Waals surface area contributed by atoms with Crippen molar-refractivity contribution in [1.29, 1.82) is 0 Å². The second-order valence-corrected chi connectivity index (χ2v) is 4.41. The topological polar surface area (TPSA) is 68.5 Å². The van der Waals surface area contributed by atoms with Crippen molar-refractivity contribution in [3.8, 4) is 5.75 Å². The van der Waals surface area contributed by atoms with Gasteiger partial charge < -0.3 is 9.84 Å². The number of rotatable bonds is 3. The summed E-state index contributed by atoms with van der Waals surface area (Å²) >= 11 is 0. The highest BCUT2D eigenvalue weighted by Crippen LogP contribution is 2.28. The molecule has 2 aromatic rings. The summed E-state index contributed by atoms with van der Waals surface area (Å²) in [5.74, 6) is -0.565. The molecule has 0 spiro atoms. The SMILES string of the molecule is COc1cccc2c(C)cc(=O)n(C(C)C(=O)O)c12. The first-order valence-electron chi connectivity index (χ1n) is 5.89. The monoisotopic (exact) mass is 261 g/mol. The van der Waals surface area contributed by atoms with Crippen molar-refractivity contribution in [2.75, 3.05) is 7.11 Å². The van der Waals surface area contributed by atoms with E-state index in [1.165, 1.54) is 24.7 Å². The van der Waals surface area contributed by atoms with Gasteiger partial charge in [-0.1, -0.05) is 12.1 Å². The van der Waals surface area contributed by atoms with Crippen LogP contribution in [0.3, 0.4) is 0 Å². The van der Waals surface area contributed by atoms with Crippen LogP contribution in [0.15, 0.2) is 29.1 Å². The van der Waals surface area contributed by atoms with Crippen molar-refractivity contribution in [2.45, 2.75) is 19.9 Å². The van der Waals surface area contributed by atoms with E-state index in [1.54, 1.807) is 6.07 Å². The second kappa shape index (κ2) is 4.76. The van der Waals surface area contributed by atoms with Gasteiger partial charge in [0.1, 0.15) is 11.8 Å². The Kier molecular flexibility index (Phi) is 3.29. The van der Waals surface area contributed by atoms with Crippen LogP contribution in [0.25, 0.3) is 10.9 Å². The Morgan fingerprint density at radius 3 is 2.68 bits per heavy atom. The molecular formula is C14H15NO4. The summed E-state index contributed by atoms with van der Waals surface area (Å²) in [6.45, 7) is 3.30. The zero-order chi connectivity index (χ0) is 14.2. The maximum atomic E-state index is 12.1. The van der Waals surface area contributed by atoms with Gasteiger partial charge in [-0.3, -0.25) is 9.36 Å². The van der Waals surface area contributed by atoms with E-state index < -0.39 is 12.0 Å². The number of aromatic nitrogens is 1. The molecule has 5 nitrogen and oxygen atoms in total. The molecule has 0 saturated heterocycles. The lowest BCUT2D eigenvalue weighted by atomic mass is 10.1. The highest BCUT2D eigenvalue weighted by Gasteiger charge is 2.20. The van der Waals surface area contributed by atoms with Gasteiger partial charge >= 0.3 is 5.97 Å². The minimum absolute atomic E-state index is 0.343. The largest absolute Gasteiger partial charge is 0.495 e. The summed E-state index contributed by atoms with van der Waals surface area (Å²) in [6.07, 6.45) is 0. The van der Waals surface area contributed by atoms with Gasteiger partial charge in [0, 0.05) is 11.5 Å². The number of hydrogen-bond acceptors (Lipinski definition) is 3. The summed E-state index contributed by atoms with van der Waals surface area (Å²) < 4.78 is 6.51. The molecule has 0 saturated carbocycles. The molecule has 5 heteroatoms. The Balaban J connectivity index is 2.97. The Morgan fingerprint density at radius 2 is 2.11 bits per heavy atom. The fourth-order valence-electron chi connectivity index (χ4n) is 2.19. The molecule has 100 valence electrons. The zero-order valence-corrected chi connectivity index (χ0v) is 11.0. The highest BCUT2D eigenvalue weighted by molar-refractivity contribution is 5.89. The number of fused-ring (bicyclic) bond motifs is 1. The molecule has 1 heterocycles. The van der Waals surface area contributed by atoms with Gasteiger partial charge in [0.25, 0.3) is 5.56 Å². The predicted molar refractivity (Wildman–Crippen MR) is 71.8 cm³/mol. The van der Waals surface area contributed by atoms with Crippen LogP contribution < -0.4 is 10.3 Å². The van der Waals surface area contributed by atoms with Crippen molar-refractivity contribution in [3.63, 3.8) is 0 Å². The van der Waals surface area contributed by atoms with E-state index in [0.29, 0.717) is 11.3 Å². The summed E-state index contributed by atoms with van der Waals surface area (Å²) in [6, 6.07) is 5.87. The number of ether oxygens (including phenoxy) is 1. The second-order valence-electron chi connectivity index (χ2n) is 4.41. The third kappa shape index (κ3) is 2.07. The number of benzene rings is 1. The Labute approximate surface area is 110 Å². The molecule has 19 heavy (non-hydrogen) atoms. The quantitative estimate of drug-likeness (QED) is 0.917. The van der Waals surface area contributed by atoms with E-state index in [4.69, 9.17) is 9.84 Å². The first kappa shape index (κ1) is 13.1. The fraction of sp³-hybridized carbons (Fsp3) is 0.286. The average molecular weight is 261 g/mol. The van der Waals surface area contributed by atoms with Crippen LogP contribution in [0.4, 0.5) is 0 Å². The fourth-order valence-corrected chi connectivity index (χ4v) is 2.19. The van der Waals surface area contributed by atoms with Gasteiger partial charge in [-0.05, 0) is 25.5 Å². The minimum atomic E-state index is -1.06. The van der Waals surface area contributed by atoms with E-state index in [-0.39, 0.29) is 5.56 Å². The summed E-state index contributed by atoms with van der Waals surface area (Å²) in [7, 11) is 1.50. The van der Waals surface area contributed by atoms with Gasteiger partial charge in [0.2, 0.25) is 0 Å². The number of aliphatic carboxylic acids is 1. The Hall–Kier alpha value is -2.30. The summed E-state index contributed by atoms with van der Waals surface area (Å²) in [5.41, 5.74) is 0.974. The van der Waals surface area contributed by atoms with Crippen LogP contribution in [0.2, 0.25) is 0 Å². The lowest BCUT2D eigenvalue weighted by Gasteiger charge is -2.17. The van der Waals surface area contributed by atoms with Crippen molar-refractivity contribution in [3.05, 3.63) is 40.2 Å². The van der Waals surface area contributed by atoms with Crippen molar-refractivity contribution < 1.29 is 14.6 Å². The molecule has 0 aliphatic rings. The van der Waals surface area contributed by atoms with E-state index in [0.717, 1.165) is 10.9 Å². The summed E-state index contributed by atoms with van der Waals surface area (Å²) in [4.78, 5) is 23.3. The Bertz CT molecular complexity index is 702. The number of carbonyl (C=O) groups is 1. The number of carboxylic acid groups (broad SMARTS) is 1. The van der Waals surface area contributed by atoms with E-state index >= 15 is 0 Å². The van der Waals surface area contributed by atoms with Gasteiger partial charge in [0.15, 0.2) is 0 Å². The molecule has 0 radical (unpaired) electrons. The van der Waals surface area contributed by atoms with Crippen molar-refractivity contribution in [2.24, 2.45) is 0 Å². The van der Waals surface area contributed by atoms with E-state index in [1.807, 2.05) is 19.1 Å². The van der Waals surface area contributed by atoms with Crippen molar-refractivity contribution in [1.82, 2.24) is 4.57 Å². The van der Waals surface area contributed by atoms with Crippen LogP contribution in [0.1, 0.15) is 18.5 Å². The Morgan fingerprint density at radius 1 is 1.42 bits per heavy atom. The lowest BCUT2D eigenvalue weighted by molar-refractivity contribution is -0.140. The van der Waals surface area contributed by atoms with Crippen LogP contribution >= 0.6 is 0 Å². The molecule has 0 bridgehead atoms. The standard InChI is InChI=1S/C14H15NO4/c1-8-7-12(16)15(9(2)14(17)18)13-10(8)5-4-6-11(13)19-3/h4-7,9H,1-3H3,(H,17,18). The first-order chi connectivity index (χ1) is 8.97. The number of carboxylic acids is 1. The van der Waals surface area contributed by atoms with Gasteiger partial charge in [-0.2, -0.15) is 0 Å². The predicted octanol–water partition coefficient (Wildman–Crippen LogP) is 1.96. The van der Waals surface area contributed by atoms with Crippen LogP contribution in [-0.4, -0.2) is 22.8 Å². The molecule has 0 amide bonds. The average Bonchev–Trinajstić information content (AvgIpc) is 2.37. The lowest BCUT2D eigenvalue weighted by Crippen LogP contribution is -2.28. The molecule has 1 atom stereocenters. The first-order valence-corrected chi connectivity index (χ1v) is 5.89. The number of para-hydroxylation sites is 1. The number of aryl methyl sites for hydroxylation is 1. The van der Waals surface area contributed by atoms with E-state index in [9.17, 15) is 9.59 Å². The third-order valence-electron chi connectivity index (χ3n) is 3.21.